The maximum Gasteiger partial charge on any atom is 0.335 e. The summed E-state index contributed by atoms with van der Waals surface area (Å²) >= 11 is 0. The zero-order valence-electron chi connectivity index (χ0n) is 10.8. The number of carbonyl (C=O) groups excluding carboxylic acids is 1. The Balaban J connectivity index is 1.86. The quantitative estimate of drug-likeness (QED) is 0.798. The van der Waals surface area contributed by atoms with Gasteiger partial charge in [0, 0.05) is 12.6 Å². The summed E-state index contributed by atoms with van der Waals surface area (Å²) in [5.41, 5.74) is 2.27. The molecule has 4 nitrogen and oxygen atoms in total. The summed E-state index contributed by atoms with van der Waals surface area (Å²) in [6, 6.07) is 6.49. The lowest BCUT2D eigenvalue weighted by Crippen LogP contribution is -2.20. The van der Waals surface area contributed by atoms with E-state index in [0.29, 0.717) is 12.5 Å². The van der Waals surface area contributed by atoms with Crippen molar-refractivity contribution in [3.63, 3.8) is 0 Å². The predicted octanol–water partition coefficient (Wildman–Crippen LogP) is 2.36. The number of allylic oxidation sites excluding steroid dienone is 1. The normalized spacial score (nSPS) is 15.1. The minimum absolute atomic E-state index is 0.0910. The number of benzene rings is 1. The molecule has 0 unspecified atom stereocenters. The van der Waals surface area contributed by atoms with Gasteiger partial charge in [-0.05, 0) is 43.4 Å². The molecule has 1 aromatic rings. The van der Waals surface area contributed by atoms with Gasteiger partial charge in [0.2, 0.25) is 5.91 Å². The Morgan fingerprint density at radius 1 is 1.32 bits per heavy atom. The van der Waals surface area contributed by atoms with Gasteiger partial charge >= 0.3 is 5.97 Å². The van der Waals surface area contributed by atoms with Crippen LogP contribution in [-0.4, -0.2) is 17.0 Å². The van der Waals surface area contributed by atoms with E-state index >= 15 is 0 Å². The lowest BCUT2D eigenvalue weighted by atomic mass is 10.1. The third-order valence-electron chi connectivity index (χ3n) is 3.25. The topological polar surface area (TPSA) is 66.4 Å². The molecular weight excluding hydrogens is 242 g/mol. The average molecular weight is 259 g/mol. The number of hydrogen-bond acceptors (Lipinski definition) is 2. The molecule has 0 atom stereocenters. The Morgan fingerprint density at radius 3 is 2.47 bits per heavy atom. The van der Waals surface area contributed by atoms with Crippen molar-refractivity contribution in [3.8, 4) is 0 Å². The first kappa shape index (κ1) is 13.3. The minimum atomic E-state index is -0.946. The Bertz CT molecular complexity index is 513. The SMILES string of the molecule is CC(=CC(=O)NCc1ccc(C(=O)O)cc1)C1CC1. The van der Waals surface area contributed by atoms with Crippen LogP contribution in [0, 0.1) is 5.92 Å². The van der Waals surface area contributed by atoms with Gasteiger partial charge in [-0.2, -0.15) is 0 Å². The molecule has 2 N–H and O–H groups in total. The van der Waals surface area contributed by atoms with E-state index in [1.807, 2.05) is 6.92 Å². The van der Waals surface area contributed by atoms with Gasteiger partial charge in [0.05, 0.1) is 5.56 Å². The summed E-state index contributed by atoms with van der Waals surface area (Å²) < 4.78 is 0. The molecule has 4 heteroatoms. The molecule has 1 aromatic carbocycles. The minimum Gasteiger partial charge on any atom is -0.478 e. The van der Waals surface area contributed by atoms with E-state index in [1.54, 1.807) is 18.2 Å². The third kappa shape index (κ3) is 3.95. The maximum absolute atomic E-state index is 11.7. The van der Waals surface area contributed by atoms with Crippen LogP contribution in [0.5, 0.6) is 0 Å². The van der Waals surface area contributed by atoms with Gasteiger partial charge in [0.25, 0.3) is 0 Å². The summed E-state index contributed by atoms with van der Waals surface area (Å²) in [5.74, 6) is -0.439. The van der Waals surface area contributed by atoms with Gasteiger partial charge in [-0.15, -0.1) is 0 Å². The standard InChI is InChI=1S/C15H17NO3/c1-10(12-6-7-12)8-14(17)16-9-11-2-4-13(5-3-11)15(18)19/h2-5,8,12H,6-7,9H2,1H3,(H,16,17)(H,18,19). The highest BCUT2D eigenvalue weighted by molar-refractivity contribution is 5.88. The number of hydrogen-bond donors (Lipinski definition) is 2. The van der Waals surface area contributed by atoms with Crippen LogP contribution in [0.4, 0.5) is 0 Å². The molecule has 0 aromatic heterocycles. The summed E-state index contributed by atoms with van der Waals surface area (Å²) in [5, 5.41) is 11.6. The first-order chi connectivity index (χ1) is 9.06. The van der Waals surface area contributed by atoms with Crippen LogP contribution in [0.1, 0.15) is 35.7 Å². The first-order valence-corrected chi connectivity index (χ1v) is 6.34. The van der Waals surface area contributed by atoms with Crippen molar-refractivity contribution in [1.82, 2.24) is 5.32 Å². The number of carboxylic acid groups (broad SMARTS) is 1. The highest BCUT2D eigenvalue weighted by atomic mass is 16.4. The van der Waals surface area contributed by atoms with E-state index < -0.39 is 5.97 Å². The monoisotopic (exact) mass is 259 g/mol. The zero-order chi connectivity index (χ0) is 13.8. The zero-order valence-corrected chi connectivity index (χ0v) is 10.8. The fourth-order valence-corrected chi connectivity index (χ4v) is 1.87. The van der Waals surface area contributed by atoms with Crippen molar-refractivity contribution in [1.29, 1.82) is 0 Å². The molecular formula is C15H17NO3. The van der Waals surface area contributed by atoms with E-state index in [9.17, 15) is 9.59 Å². The van der Waals surface area contributed by atoms with E-state index in [1.165, 1.54) is 25.0 Å². The fourth-order valence-electron chi connectivity index (χ4n) is 1.87. The Morgan fingerprint density at radius 2 is 1.95 bits per heavy atom. The molecule has 100 valence electrons. The molecule has 1 fully saturated rings. The average Bonchev–Trinajstić information content (AvgIpc) is 3.21. The number of nitrogens with one attached hydrogen (secondary N) is 1. The van der Waals surface area contributed by atoms with Crippen LogP contribution in [0.2, 0.25) is 0 Å². The number of amides is 1. The van der Waals surface area contributed by atoms with Gasteiger partial charge < -0.3 is 10.4 Å². The smallest absolute Gasteiger partial charge is 0.335 e. The summed E-state index contributed by atoms with van der Waals surface area (Å²) in [6.45, 7) is 2.39. The molecule has 0 saturated heterocycles. The van der Waals surface area contributed by atoms with Crippen LogP contribution in [0.25, 0.3) is 0 Å². The van der Waals surface area contributed by atoms with Crippen molar-refractivity contribution in [2.75, 3.05) is 0 Å². The summed E-state index contributed by atoms with van der Waals surface area (Å²) in [7, 11) is 0. The Kier molecular flexibility index (Phi) is 4.00. The molecule has 0 bridgehead atoms. The Labute approximate surface area is 112 Å². The molecule has 19 heavy (non-hydrogen) atoms. The highest BCUT2D eigenvalue weighted by Crippen LogP contribution is 2.35. The van der Waals surface area contributed by atoms with Gasteiger partial charge in [0.15, 0.2) is 0 Å². The molecule has 1 aliphatic carbocycles. The highest BCUT2D eigenvalue weighted by Gasteiger charge is 2.23. The predicted molar refractivity (Wildman–Crippen MR) is 71.7 cm³/mol. The molecule has 1 saturated carbocycles. The van der Waals surface area contributed by atoms with Crippen LogP contribution >= 0.6 is 0 Å². The van der Waals surface area contributed by atoms with Crippen LogP contribution in [-0.2, 0) is 11.3 Å². The number of carboxylic acids is 1. The first-order valence-electron chi connectivity index (χ1n) is 6.34. The third-order valence-corrected chi connectivity index (χ3v) is 3.25. The van der Waals surface area contributed by atoms with Gasteiger partial charge in [0.1, 0.15) is 0 Å². The van der Waals surface area contributed by atoms with E-state index in [4.69, 9.17) is 5.11 Å². The fraction of sp³-hybridized carbons (Fsp3) is 0.333. The van der Waals surface area contributed by atoms with Gasteiger partial charge in [-0.25, -0.2) is 4.79 Å². The van der Waals surface area contributed by atoms with Crippen molar-refractivity contribution < 1.29 is 14.7 Å². The molecule has 0 heterocycles. The molecule has 2 rings (SSSR count). The Hall–Kier alpha value is -2.10. The molecule has 0 aliphatic heterocycles. The largest absolute Gasteiger partial charge is 0.478 e. The van der Waals surface area contributed by atoms with Crippen LogP contribution in [0.3, 0.4) is 0 Å². The van der Waals surface area contributed by atoms with E-state index in [0.717, 1.165) is 11.1 Å². The van der Waals surface area contributed by atoms with Crippen molar-refractivity contribution in [2.45, 2.75) is 26.3 Å². The van der Waals surface area contributed by atoms with Gasteiger partial charge in [-0.3, -0.25) is 4.79 Å². The number of carbonyl (C=O) groups is 2. The summed E-state index contributed by atoms with van der Waals surface area (Å²) in [4.78, 5) is 22.3. The summed E-state index contributed by atoms with van der Waals surface area (Å²) in [6.07, 6.45) is 4.03. The second-order valence-corrected chi connectivity index (χ2v) is 4.88. The molecule has 1 amide bonds. The van der Waals surface area contributed by atoms with E-state index in [2.05, 4.69) is 5.32 Å². The van der Waals surface area contributed by atoms with Gasteiger partial charge in [-0.1, -0.05) is 17.7 Å². The van der Waals surface area contributed by atoms with Crippen molar-refractivity contribution in [2.24, 2.45) is 5.92 Å². The van der Waals surface area contributed by atoms with E-state index in [-0.39, 0.29) is 11.5 Å². The number of aromatic carboxylic acids is 1. The molecule has 0 spiro atoms. The van der Waals surface area contributed by atoms with Crippen LogP contribution in [0.15, 0.2) is 35.9 Å². The maximum atomic E-state index is 11.7. The molecule has 0 radical (unpaired) electrons. The van der Waals surface area contributed by atoms with Crippen molar-refractivity contribution >= 4 is 11.9 Å². The number of rotatable bonds is 5. The molecule has 1 aliphatic rings. The van der Waals surface area contributed by atoms with Crippen LogP contribution < -0.4 is 5.32 Å². The second-order valence-electron chi connectivity index (χ2n) is 4.88. The second kappa shape index (κ2) is 5.69. The lowest BCUT2D eigenvalue weighted by Gasteiger charge is -2.04. The lowest BCUT2D eigenvalue weighted by molar-refractivity contribution is -0.116. The van der Waals surface area contributed by atoms with Crippen molar-refractivity contribution in [3.05, 3.63) is 47.0 Å².